The number of hydrogen-bond acceptors (Lipinski definition) is 4. The molecule has 19 heavy (non-hydrogen) atoms. The highest BCUT2D eigenvalue weighted by Crippen LogP contribution is 2.23. The minimum atomic E-state index is -0.950. The zero-order valence-electron chi connectivity index (χ0n) is 9.84. The third kappa shape index (κ3) is 3.89. The maximum Gasteiger partial charge on any atom is 0.311 e. The Labute approximate surface area is 122 Å². The van der Waals surface area contributed by atoms with Gasteiger partial charge < -0.3 is 15.2 Å². The van der Waals surface area contributed by atoms with Crippen molar-refractivity contribution in [3.63, 3.8) is 0 Å². The fourth-order valence-electron chi connectivity index (χ4n) is 1.75. The Hall–Kier alpha value is -1.18. The van der Waals surface area contributed by atoms with Gasteiger partial charge in [-0.3, -0.25) is 9.59 Å². The monoisotopic (exact) mass is 345 g/mol. The van der Waals surface area contributed by atoms with E-state index in [1.807, 2.05) is 12.1 Å². The molecule has 102 valence electrons. The first-order valence-electron chi connectivity index (χ1n) is 5.60. The Morgan fingerprint density at radius 1 is 1.47 bits per heavy atom. The topological polar surface area (TPSA) is 75.6 Å². The van der Waals surface area contributed by atoms with Crippen LogP contribution in [0.15, 0.2) is 22.0 Å². The van der Waals surface area contributed by atoms with Gasteiger partial charge in [-0.1, -0.05) is 0 Å². The summed E-state index contributed by atoms with van der Waals surface area (Å²) in [6, 6.07) is 3.31. The summed E-state index contributed by atoms with van der Waals surface area (Å²) in [6.45, 7) is 0.378. The number of carbonyl (C=O) groups is 2. The molecule has 0 saturated carbocycles. The van der Waals surface area contributed by atoms with Crippen LogP contribution in [0.25, 0.3) is 6.08 Å². The van der Waals surface area contributed by atoms with Crippen molar-refractivity contribution in [2.24, 2.45) is 5.92 Å². The molecule has 7 heteroatoms. The molecule has 2 atom stereocenters. The van der Waals surface area contributed by atoms with Crippen molar-refractivity contribution < 1.29 is 19.4 Å². The lowest BCUT2D eigenvalue weighted by molar-refractivity contribution is -0.142. The Bertz CT molecular complexity index is 514. The molecule has 0 aromatic carbocycles. The molecule has 0 bridgehead atoms. The van der Waals surface area contributed by atoms with Crippen LogP contribution < -0.4 is 5.32 Å². The molecule has 2 heterocycles. The molecule has 5 nitrogen and oxygen atoms in total. The molecule has 2 rings (SSSR count). The van der Waals surface area contributed by atoms with Crippen molar-refractivity contribution >= 4 is 45.2 Å². The number of carboxylic acid groups (broad SMARTS) is 1. The lowest BCUT2D eigenvalue weighted by atomic mass is 10.0. The summed E-state index contributed by atoms with van der Waals surface area (Å²) in [6.07, 6.45) is 3.09. The second-order valence-electron chi connectivity index (χ2n) is 4.07. The van der Waals surface area contributed by atoms with E-state index in [-0.39, 0.29) is 19.1 Å². The van der Waals surface area contributed by atoms with Crippen LogP contribution in [0.3, 0.4) is 0 Å². The molecule has 1 amide bonds. The standard InChI is InChI=1S/C12H12BrNO4S/c13-10-3-1-7(19-10)2-4-11(15)14-9-6-18-5-8(9)12(16)17/h1-4,8-9H,5-6H2,(H,14,15)(H,16,17). The van der Waals surface area contributed by atoms with E-state index in [4.69, 9.17) is 9.84 Å². The number of rotatable bonds is 4. The number of nitrogens with one attached hydrogen (secondary N) is 1. The molecule has 1 aliphatic rings. The van der Waals surface area contributed by atoms with Crippen molar-refractivity contribution in [1.82, 2.24) is 5.32 Å². The zero-order chi connectivity index (χ0) is 13.8. The van der Waals surface area contributed by atoms with Crippen molar-refractivity contribution in [1.29, 1.82) is 0 Å². The van der Waals surface area contributed by atoms with Crippen molar-refractivity contribution in [2.75, 3.05) is 13.2 Å². The van der Waals surface area contributed by atoms with Crippen molar-refractivity contribution in [3.8, 4) is 0 Å². The molecule has 0 spiro atoms. The molecular weight excluding hydrogens is 334 g/mol. The van der Waals surface area contributed by atoms with Crippen LogP contribution in [-0.2, 0) is 14.3 Å². The van der Waals surface area contributed by atoms with E-state index in [0.29, 0.717) is 0 Å². The summed E-state index contributed by atoms with van der Waals surface area (Å²) in [5, 5.41) is 11.6. The number of ether oxygens (including phenoxy) is 1. The van der Waals surface area contributed by atoms with Gasteiger partial charge in [0, 0.05) is 11.0 Å². The van der Waals surface area contributed by atoms with Crippen LogP contribution in [0, 0.1) is 5.92 Å². The predicted molar refractivity (Wildman–Crippen MR) is 74.9 cm³/mol. The molecule has 2 N–H and O–H groups in total. The summed E-state index contributed by atoms with van der Waals surface area (Å²) in [5.74, 6) is -1.94. The highest BCUT2D eigenvalue weighted by Gasteiger charge is 2.34. The van der Waals surface area contributed by atoms with Gasteiger partial charge in [0.2, 0.25) is 5.91 Å². The second kappa shape index (κ2) is 6.31. The third-order valence-electron chi connectivity index (χ3n) is 2.72. The minimum Gasteiger partial charge on any atom is -0.481 e. The fourth-order valence-corrected chi connectivity index (χ4v) is 3.07. The first-order chi connectivity index (χ1) is 9.06. The number of thiophene rings is 1. The summed E-state index contributed by atoms with van der Waals surface area (Å²) in [4.78, 5) is 23.6. The quantitative estimate of drug-likeness (QED) is 0.815. The van der Waals surface area contributed by atoms with E-state index < -0.39 is 17.9 Å². The van der Waals surface area contributed by atoms with Crippen LogP contribution in [0.2, 0.25) is 0 Å². The van der Waals surface area contributed by atoms with E-state index in [9.17, 15) is 9.59 Å². The molecule has 1 aromatic heterocycles. The Morgan fingerprint density at radius 2 is 2.26 bits per heavy atom. The maximum atomic E-state index is 11.7. The third-order valence-corrected chi connectivity index (χ3v) is 4.31. The Morgan fingerprint density at radius 3 is 2.89 bits per heavy atom. The summed E-state index contributed by atoms with van der Waals surface area (Å²) in [7, 11) is 0. The van der Waals surface area contributed by atoms with E-state index in [1.165, 1.54) is 17.4 Å². The minimum absolute atomic E-state index is 0.141. The lowest BCUT2D eigenvalue weighted by Crippen LogP contribution is -2.41. The van der Waals surface area contributed by atoms with Gasteiger partial charge in [-0.25, -0.2) is 0 Å². The second-order valence-corrected chi connectivity index (χ2v) is 6.57. The van der Waals surface area contributed by atoms with Gasteiger partial charge in [-0.2, -0.15) is 0 Å². The van der Waals surface area contributed by atoms with Crippen LogP contribution in [0.1, 0.15) is 4.88 Å². The average Bonchev–Trinajstić information content (AvgIpc) is 2.95. The molecule has 2 unspecified atom stereocenters. The highest BCUT2D eigenvalue weighted by molar-refractivity contribution is 9.11. The first-order valence-corrected chi connectivity index (χ1v) is 7.21. The largest absolute Gasteiger partial charge is 0.481 e. The van der Waals surface area contributed by atoms with Gasteiger partial charge in [0.1, 0.15) is 5.92 Å². The molecule has 0 radical (unpaired) electrons. The Balaban J connectivity index is 1.90. The molecule has 1 saturated heterocycles. The van der Waals surface area contributed by atoms with E-state index in [1.54, 1.807) is 6.08 Å². The number of carbonyl (C=O) groups excluding carboxylic acids is 1. The van der Waals surface area contributed by atoms with Gasteiger partial charge in [-0.05, 0) is 34.1 Å². The van der Waals surface area contributed by atoms with E-state index in [2.05, 4.69) is 21.2 Å². The average molecular weight is 346 g/mol. The summed E-state index contributed by atoms with van der Waals surface area (Å²) >= 11 is 4.85. The molecule has 1 aromatic rings. The molecular formula is C12H12BrNO4S. The maximum absolute atomic E-state index is 11.7. The van der Waals surface area contributed by atoms with Crippen LogP contribution in [0.5, 0.6) is 0 Å². The summed E-state index contributed by atoms with van der Waals surface area (Å²) in [5.41, 5.74) is 0. The van der Waals surface area contributed by atoms with Gasteiger partial charge in [0.15, 0.2) is 0 Å². The predicted octanol–water partition coefficient (Wildman–Crippen LogP) is 1.74. The number of aliphatic carboxylic acids is 1. The zero-order valence-corrected chi connectivity index (χ0v) is 12.2. The fraction of sp³-hybridized carbons (Fsp3) is 0.333. The normalized spacial score (nSPS) is 22.8. The van der Waals surface area contributed by atoms with Gasteiger partial charge in [0.25, 0.3) is 0 Å². The summed E-state index contributed by atoms with van der Waals surface area (Å²) < 4.78 is 6.06. The van der Waals surface area contributed by atoms with Crippen LogP contribution in [-0.4, -0.2) is 36.2 Å². The first kappa shape index (κ1) is 14.2. The SMILES string of the molecule is O=C(C=Cc1ccc(Br)s1)NC1COCC1C(=O)O. The highest BCUT2D eigenvalue weighted by atomic mass is 79.9. The van der Waals surface area contributed by atoms with Gasteiger partial charge in [0.05, 0.1) is 23.0 Å². The number of halogens is 1. The molecule has 1 aliphatic heterocycles. The Kier molecular flexibility index (Phi) is 4.73. The lowest BCUT2D eigenvalue weighted by Gasteiger charge is -2.13. The number of hydrogen-bond donors (Lipinski definition) is 2. The molecule has 1 fully saturated rings. The van der Waals surface area contributed by atoms with E-state index in [0.717, 1.165) is 8.66 Å². The van der Waals surface area contributed by atoms with Gasteiger partial charge >= 0.3 is 5.97 Å². The number of amides is 1. The van der Waals surface area contributed by atoms with Crippen molar-refractivity contribution in [2.45, 2.75) is 6.04 Å². The van der Waals surface area contributed by atoms with E-state index >= 15 is 0 Å². The van der Waals surface area contributed by atoms with Gasteiger partial charge in [-0.15, -0.1) is 11.3 Å². The molecule has 0 aliphatic carbocycles. The van der Waals surface area contributed by atoms with Crippen LogP contribution in [0.4, 0.5) is 0 Å². The van der Waals surface area contributed by atoms with Crippen molar-refractivity contribution in [3.05, 3.63) is 26.9 Å². The smallest absolute Gasteiger partial charge is 0.311 e. The number of carboxylic acids is 1. The van der Waals surface area contributed by atoms with Crippen LogP contribution >= 0.6 is 27.3 Å².